The summed E-state index contributed by atoms with van der Waals surface area (Å²) < 4.78 is 28.0. The molecule has 1 aliphatic rings. The summed E-state index contributed by atoms with van der Waals surface area (Å²) in [7, 11) is 0. The average Bonchev–Trinajstić information content (AvgIpc) is 3.32. The molecule has 4 rings (SSSR count). The van der Waals surface area contributed by atoms with Crippen LogP contribution >= 0.6 is 0 Å². The quantitative estimate of drug-likeness (QED) is 0.489. The molecule has 9 nitrogen and oxygen atoms in total. The van der Waals surface area contributed by atoms with Gasteiger partial charge in [0, 0.05) is 62.4 Å². The SMILES string of the molecule is CCc1cc(Nc2cc(NC(C)=O)ncc2-c2ncc(CN3CCCC3)cn2)nc(C(C)(F)F)n1. The van der Waals surface area contributed by atoms with Crippen molar-refractivity contribution in [1.29, 1.82) is 0 Å². The minimum absolute atomic E-state index is 0.195. The summed E-state index contributed by atoms with van der Waals surface area (Å²) in [5.74, 6) is -3.16. The third-order valence-corrected chi connectivity index (χ3v) is 5.56. The molecule has 2 N–H and O–H groups in total. The summed E-state index contributed by atoms with van der Waals surface area (Å²) in [5.41, 5.74) is 2.47. The number of aromatic nitrogens is 5. The zero-order valence-electron chi connectivity index (χ0n) is 20.0. The van der Waals surface area contributed by atoms with E-state index < -0.39 is 11.7 Å². The lowest BCUT2D eigenvalue weighted by Crippen LogP contribution is -2.18. The summed E-state index contributed by atoms with van der Waals surface area (Å²) >= 11 is 0. The third kappa shape index (κ3) is 6.30. The van der Waals surface area contributed by atoms with Gasteiger partial charge in [-0.2, -0.15) is 8.78 Å². The number of carbonyl (C=O) groups is 1. The molecular formula is C24H28F2N8O. The molecule has 0 unspecified atom stereocenters. The van der Waals surface area contributed by atoms with Crippen molar-refractivity contribution in [2.24, 2.45) is 0 Å². The van der Waals surface area contributed by atoms with Crippen molar-refractivity contribution in [3.8, 4) is 11.4 Å². The molecule has 0 atom stereocenters. The maximum Gasteiger partial charge on any atom is 0.303 e. The standard InChI is InChI=1S/C24H28F2N8O/c1-4-17-9-21(33-23(31-17)24(3,25)26)32-19-10-20(30-15(2)35)27-13-18(19)22-28-11-16(12-29-22)14-34-7-5-6-8-34/h9-13H,4-8,14H2,1-3H3,(H2,27,30,31,32,33,35). The Morgan fingerprint density at radius 2 is 1.77 bits per heavy atom. The van der Waals surface area contributed by atoms with Crippen molar-refractivity contribution in [3.05, 3.63) is 47.8 Å². The number of carbonyl (C=O) groups excluding carboxylic acids is 1. The van der Waals surface area contributed by atoms with Crippen molar-refractivity contribution in [2.45, 2.75) is 52.5 Å². The fourth-order valence-corrected chi connectivity index (χ4v) is 3.84. The van der Waals surface area contributed by atoms with Crippen LogP contribution in [-0.2, 0) is 23.7 Å². The van der Waals surface area contributed by atoms with Crippen molar-refractivity contribution in [2.75, 3.05) is 23.7 Å². The number of anilines is 3. The van der Waals surface area contributed by atoms with Crippen LogP contribution in [-0.4, -0.2) is 48.8 Å². The molecule has 4 heterocycles. The number of likely N-dealkylation sites (tertiary alicyclic amines) is 1. The van der Waals surface area contributed by atoms with Gasteiger partial charge in [0.2, 0.25) is 11.7 Å². The number of nitrogens with zero attached hydrogens (tertiary/aromatic N) is 6. The van der Waals surface area contributed by atoms with E-state index in [4.69, 9.17) is 0 Å². The van der Waals surface area contributed by atoms with Gasteiger partial charge in [-0.1, -0.05) is 6.92 Å². The number of nitrogens with one attached hydrogen (secondary N) is 2. The van der Waals surface area contributed by atoms with Gasteiger partial charge in [-0.15, -0.1) is 0 Å². The Morgan fingerprint density at radius 3 is 2.40 bits per heavy atom. The van der Waals surface area contributed by atoms with Gasteiger partial charge >= 0.3 is 5.92 Å². The highest BCUT2D eigenvalue weighted by Crippen LogP contribution is 2.31. The Morgan fingerprint density at radius 1 is 1.06 bits per heavy atom. The average molecular weight is 483 g/mol. The van der Waals surface area contributed by atoms with E-state index in [1.807, 2.05) is 6.92 Å². The topological polar surface area (TPSA) is 109 Å². The van der Waals surface area contributed by atoms with Crippen molar-refractivity contribution in [1.82, 2.24) is 29.8 Å². The van der Waals surface area contributed by atoms with E-state index in [2.05, 4.69) is 40.5 Å². The van der Waals surface area contributed by atoms with Crippen LogP contribution in [0.3, 0.4) is 0 Å². The van der Waals surface area contributed by atoms with Gasteiger partial charge in [0.15, 0.2) is 5.82 Å². The summed E-state index contributed by atoms with van der Waals surface area (Å²) in [6, 6.07) is 3.20. The smallest absolute Gasteiger partial charge is 0.303 e. The predicted octanol–water partition coefficient (Wildman–Crippen LogP) is 4.30. The van der Waals surface area contributed by atoms with E-state index in [0.29, 0.717) is 35.0 Å². The van der Waals surface area contributed by atoms with Gasteiger partial charge in [-0.25, -0.2) is 24.9 Å². The Hall–Kier alpha value is -3.60. The number of aryl methyl sites for hydroxylation is 1. The van der Waals surface area contributed by atoms with Crippen LogP contribution in [0, 0.1) is 0 Å². The number of amides is 1. The molecular weight excluding hydrogens is 454 g/mol. The van der Waals surface area contributed by atoms with Gasteiger partial charge in [0.25, 0.3) is 0 Å². The first kappa shape index (κ1) is 24.5. The van der Waals surface area contributed by atoms with Crippen LogP contribution in [0.4, 0.5) is 26.1 Å². The second-order valence-electron chi connectivity index (χ2n) is 8.63. The Kier molecular flexibility index (Phi) is 7.25. The lowest BCUT2D eigenvalue weighted by Gasteiger charge is -2.16. The summed E-state index contributed by atoms with van der Waals surface area (Å²) in [4.78, 5) is 35.2. The maximum atomic E-state index is 14.0. The zero-order chi connectivity index (χ0) is 25.0. The third-order valence-electron chi connectivity index (χ3n) is 5.56. The van der Waals surface area contributed by atoms with E-state index in [9.17, 15) is 13.6 Å². The maximum absolute atomic E-state index is 14.0. The molecule has 0 aromatic carbocycles. The van der Waals surface area contributed by atoms with Crippen molar-refractivity contribution >= 4 is 23.2 Å². The molecule has 3 aromatic rings. The molecule has 0 bridgehead atoms. The van der Waals surface area contributed by atoms with Gasteiger partial charge < -0.3 is 10.6 Å². The summed E-state index contributed by atoms with van der Waals surface area (Å²) in [5, 5.41) is 5.71. The van der Waals surface area contributed by atoms with Crippen LogP contribution in [0.15, 0.2) is 30.7 Å². The summed E-state index contributed by atoms with van der Waals surface area (Å²) in [6.07, 6.45) is 7.95. The highest BCUT2D eigenvalue weighted by molar-refractivity contribution is 5.89. The molecule has 0 spiro atoms. The Labute approximate surface area is 202 Å². The van der Waals surface area contributed by atoms with Crippen LogP contribution in [0.25, 0.3) is 11.4 Å². The van der Waals surface area contributed by atoms with Crippen molar-refractivity contribution in [3.63, 3.8) is 0 Å². The van der Waals surface area contributed by atoms with E-state index in [0.717, 1.165) is 32.1 Å². The largest absolute Gasteiger partial charge is 0.339 e. The lowest BCUT2D eigenvalue weighted by atomic mass is 10.2. The molecule has 0 saturated carbocycles. The van der Waals surface area contributed by atoms with E-state index >= 15 is 0 Å². The van der Waals surface area contributed by atoms with Crippen LogP contribution < -0.4 is 10.6 Å². The first-order chi connectivity index (χ1) is 16.7. The number of hydrogen-bond acceptors (Lipinski definition) is 8. The monoisotopic (exact) mass is 482 g/mol. The molecule has 1 saturated heterocycles. The molecule has 0 aliphatic carbocycles. The summed E-state index contributed by atoms with van der Waals surface area (Å²) in [6.45, 7) is 6.89. The van der Waals surface area contributed by atoms with E-state index in [1.54, 1.807) is 24.5 Å². The first-order valence-corrected chi connectivity index (χ1v) is 11.6. The molecule has 1 amide bonds. The number of halogens is 2. The van der Waals surface area contributed by atoms with Gasteiger partial charge in [0.1, 0.15) is 11.6 Å². The lowest BCUT2D eigenvalue weighted by molar-refractivity contribution is -0.114. The molecule has 11 heteroatoms. The molecule has 35 heavy (non-hydrogen) atoms. The van der Waals surface area contributed by atoms with Gasteiger partial charge in [-0.3, -0.25) is 9.69 Å². The normalized spacial score (nSPS) is 14.2. The second kappa shape index (κ2) is 10.3. The second-order valence-corrected chi connectivity index (χ2v) is 8.63. The molecule has 1 aliphatic heterocycles. The first-order valence-electron chi connectivity index (χ1n) is 11.6. The molecule has 184 valence electrons. The number of rotatable bonds is 8. The Balaban J connectivity index is 1.68. The van der Waals surface area contributed by atoms with Gasteiger partial charge in [-0.05, 0) is 32.4 Å². The molecule has 3 aromatic heterocycles. The highest BCUT2D eigenvalue weighted by Gasteiger charge is 2.29. The molecule has 1 fully saturated rings. The highest BCUT2D eigenvalue weighted by atomic mass is 19.3. The van der Waals surface area contributed by atoms with E-state index in [1.165, 1.54) is 26.0 Å². The minimum Gasteiger partial charge on any atom is -0.339 e. The van der Waals surface area contributed by atoms with E-state index in [-0.39, 0.29) is 11.7 Å². The number of alkyl halides is 2. The Bertz CT molecular complexity index is 1190. The van der Waals surface area contributed by atoms with Crippen molar-refractivity contribution < 1.29 is 13.6 Å². The van der Waals surface area contributed by atoms with Crippen LogP contribution in [0.2, 0.25) is 0 Å². The number of hydrogen-bond donors (Lipinski definition) is 2. The fourth-order valence-electron chi connectivity index (χ4n) is 3.84. The predicted molar refractivity (Wildman–Crippen MR) is 128 cm³/mol. The number of pyridine rings is 1. The van der Waals surface area contributed by atoms with Crippen LogP contribution in [0.5, 0.6) is 0 Å². The van der Waals surface area contributed by atoms with Gasteiger partial charge in [0.05, 0.1) is 11.3 Å². The van der Waals surface area contributed by atoms with Crippen LogP contribution in [0.1, 0.15) is 50.7 Å². The fraction of sp³-hybridized carbons (Fsp3) is 0.417. The molecule has 0 radical (unpaired) electrons. The minimum atomic E-state index is -3.20. The zero-order valence-corrected chi connectivity index (χ0v) is 20.0.